The molecule has 1 aromatic carbocycles. The largest absolute Gasteiger partial charge is 0.490 e. The average Bonchev–Trinajstić information content (AvgIpc) is 3.42. The van der Waals surface area contributed by atoms with Crippen LogP contribution >= 0.6 is 22.9 Å². The number of nitrogens with zero attached hydrogens (tertiary/aromatic N) is 6. The Morgan fingerprint density at radius 1 is 1.00 bits per heavy atom. The Morgan fingerprint density at radius 2 is 1.81 bits per heavy atom. The van der Waals surface area contributed by atoms with Crippen molar-refractivity contribution in [1.29, 1.82) is 0 Å². The molecule has 5 heterocycles. The minimum atomic E-state index is -0.547. The van der Waals surface area contributed by atoms with Gasteiger partial charge in [-0.15, -0.1) is 0 Å². The van der Waals surface area contributed by atoms with Crippen molar-refractivity contribution in [2.75, 3.05) is 79.5 Å². The number of anilines is 5. The molecule has 52 heavy (non-hydrogen) atoms. The van der Waals surface area contributed by atoms with E-state index in [1.54, 1.807) is 11.0 Å². The predicted molar refractivity (Wildman–Crippen MR) is 206 cm³/mol. The maximum atomic E-state index is 13.1. The number of hydrogen-bond acceptors (Lipinski definition) is 12. The number of ether oxygens (including phenoxy) is 3. The number of carbonyl (C=O) groups excluding carboxylic acids is 2. The molecule has 0 bridgehead atoms. The molecule has 2 saturated heterocycles. The fraction of sp³-hybridized carbons (Fsp3) is 0.432. The number of halogens is 1. The number of pyridine rings is 2. The van der Waals surface area contributed by atoms with Gasteiger partial charge in [-0.05, 0) is 70.9 Å². The molecule has 4 aromatic rings. The van der Waals surface area contributed by atoms with Crippen LogP contribution in [0.3, 0.4) is 0 Å². The Morgan fingerprint density at radius 3 is 2.56 bits per heavy atom. The molecule has 3 aromatic heterocycles. The molecule has 6 rings (SSSR count). The van der Waals surface area contributed by atoms with Crippen LogP contribution in [0.5, 0.6) is 5.75 Å². The number of carbonyl (C=O) groups is 2. The zero-order valence-corrected chi connectivity index (χ0v) is 31.8. The van der Waals surface area contributed by atoms with Crippen LogP contribution in [0.25, 0.3) is 11.3 Å². The van der Waals surface area contributed by atoms with Gasteiger partial charge in [0.15, 0.2) is 22.5 Å². The summed E-state index contributed by atoms with van der Waals surface area (Å²) in [5, 5.41) is 7.12. The third-order valence-corrected chi connectivity index (χ3v) is 9.74. The first-order valence-electron chi connectivity index (χ1n) is 17.5. The van der Waals surface area contributed by atoms with Crippen molar-refractivity contribution < 1.29 is 23.8 Å². The third-order valence-electron chi connectivity index (χ3n) is 8.51. The maximum Gasteiger partial charge on any atom is 0.410 e. The molecule has 2 amide bonds. The minimum Gasteiger partial charge on any atom is -0.490 e. The third kappa shape index (κ3) is 9.03. The molecule has 15 heteroatoms. The molecule has 0 atom stereocenters. The van der Waals surface area contributed by atoms with Gasteiger partial charge in [-0.2, -0.15) is 0 Å². The van der Waals surface area contributed by atoms with Crippen LogP contribution in [0.4, 0.5) is 32.9 Å². The molecular formula is C37H45ClN8O5S. The first-order valence-corrected chi connectivity index (χ1v) is 18.7. The van der Waals surface area contributed by atoms with E-state index < -0.39 is 5.60 Å². The van der Waals surface area contributed by atoms with E-state index >= 15 is 0 Å². The molecule has 13 nitrogen and oxygen atoms in total. The molecule has 2 aliphatic heterocycles. The van der Waals surface area contributed by atoms with E-state index in [-0.39, 0.29) is 12.0 Å². The molecule has 0 aliphatic carbocycles. The summed E-state index contributed by atoms with van der Waals surface area (Å²) in [4.78, 5) is 47.0. The molecule has 0 saturated carbocycles. The number of rotatable bonds is 9. The SMILES string of the molecule is CCOc1ccc(-c2cnc(N3CCN(C(=O)OC(C)(C)C)CC3)c(N3CCCOCC3)c2)nc1Nc1ncc(C(=O)Nc2c(C)cccc2Cl)s1. The van der Waals surface area contributed by atoms with Gasteiger partial charge in [-0.1, -0.05) is 35.1 Å². The second kappa shape index (κ2) is 16.3. The maximum absolute atomic E-state index is 13.1. The zero-order valence-electron chi connectivity index (χ0n) is 30.2. The number of amides is 2. The Kier molecular flexibility index (Phi) is 11.7. The van der Waals surface area contributed by atoms with Gasteiger partial charge in [-0.3, -0.25) is 4.79 Å². The first-order chi connectivity index (χ1) is 25.0. The number of thiazole rings is 1. The molecule has 0 unspecified atom stereocenters. The van der Waals surface area contributed by atoms with E-state index in [0.29, 0.717) is 84.0 Å². The van der Waals surface area contributed by atoms with Gasteiger partial charge >= 0.3 is 6.09 Å². The van der Waals surface area contributed by atoms with Gasteiger partial charge in [0.2, 0.25) is 0 Å². The Bertz CT molecular complexity index is 1860. The highest BCUT2D eigenvalue weighted by Crippen LogP contribution is 2.36. The zero-order chi connectivity index (χ0) is 36.8. The highest BCUT2D eigenvalue weighted by atomic mass is 35.5. The smallest absolute Gasteiger partial charge is 0.410 e. The van der Waals surface area contributed by atoms with E-state index in [2.05, 4.69) is 31.5 Å². The Balaban J connectivity index is 1.25. The monoisotopic (exact) mass is 748 g/mol. The average molecular weight is 749 g/mol. The number of piperazine rings is 1. The molecule has 0 radical (unpaired) electrons. The van der Waals surface area contributed by atoms with E-state index in [1.165, 1.54) is 17.5 Å². The molecule has 2 fully saturated rings. The lowest BCUT2D eigenvalue weighted by Gasteiger charge is -2.38. The summed E-state index contributed by atoms with van der Waals surface area (Å²) >= 11 is 7.53. The van der Waals surface area contributed by atoms with Gasteiger partial charge in [0, 0.05) is 57.6 Å². The molecule has 276 valence electrons. The molecule has 2 N–H and O–H groups in total. The van der Waals surface area contributed by atoms with Gasteiger partial charge in [0.1, 0.15) is 10.5 Å². The van der Waals surface area contributed by atoms with Crippen LogP contribution in [-0.4, -0.2) is 96.5 Å². The number of benzene rings is 1. The number of hydrogen-bond donors (Lipinski definition) is 2. The van der Waals surface area contributed by atoms with Crippen molar-refractivity contribution in [1.82, 2.24) is 19.9 Å². The fourth-order valence-electron chi connectivity index (χ4n) is 5.95. The summed E-state index contributed by atoms with van der Waals surface area (Å²) in [6.07, 6.45) is 3.96. The van der Waals surface area contributed by atoms with Crippen LogP contribution in [0.15, 0.2) is 48.8 Å². The fourth-order valence-corrected chi connectivity index (χ4v) is 6.93. The van der Waals surface area contributed by atoms with Crippen molar-refractivity contribution in [3.8, 4) is 17.0 Å². The Labute approximate surface area is 313 Å². The number of para-hydroxylation sites is 1. The number of aryl methyl sites for hydroxylation is 1. The minimum absolute atomic E-state index is 0.296. The summed E-state index contributed by atoms with van der Waals surface area (Å²) in [6, 6.07) is 11.4. The van der Waals surface area contributed by atoms with Gasteiger partial charge in [-0.25, -0.2) is 19.7 Å². The second-order valence-corrected chi connectivity index (χ2v) is 14.9. The van der Waals surface area contributed by atoms with Crippen LogP contribution in [-0.2, 0) is 9.47 Å². The normalized spacial score (nSPS) is 15.2. The topological polar surface area (TPSA) is 134 Å². The summed E-state index contributed by atoms with van der Waals surface area (Å²) in [5.74, 6) is 1.57. The summed E-state index contributed by atoms with van der Waals surface area (Å²) in [5.41, 5.74) is 3.39. The summed E-state index contributed by atoms with van der Waals surface area (Å²) in [6.45, 7) is 15.1. The van der Waals surface area contributed by atoms with Crippen molar-refractivity contribution in [3.63, 3.8) is 0 Å². The highest BCUT2D eigenvalue weighted by molar-refractivity contribution is 7.17. The number of nitrogens with one attached hydrogen (secondary N) is 2. The first kappa shape index (κ1) is 37.1. The number of aromatic nitrogens is 3. The van der Waals surface area contributed by atoms with E-state index in [9.17, 15) is 9.59 Å². The Hall–Kier alpha value is -4.66. The summed E-state index contributed by atoms with van der Waals surface area (Å²) < 4.78 is 17.3. The van der Waals surface area contributed by atoms with E-state index in [4.69, 9.17) is 35.8 Å². The van der Waals surface area contributed by atoms with Crippen LogP contribution in [0.1, 0.15) is 49.4 Å². The van der Waals surface area contributed by atoms with Crippen molar-refractivity contribution in [2.24, 2.45) is 0 Å². The van der Waals surface area contributed by atoms with E-state index in [1.807, 2.05) is 65.1 Å². The van der Waals surface area contributed by atoms with Gasteiger partial charge < -0.3 is 39.5 Å². The van der Waals surface area contributed by atoms with Crippen LogP contribution in [0.2, 0.25) is 5.02 Å². The van der Waals surface area contributed by atoms with E-state index in [0.717, 1.165) is 42.1 Å². The van der Waals surface area contributed by atoms with Gasteiger partial charge in [0.05, 0.1) is 41.5 Å². The van der Waals surface area contributed by atoms with Crippen molar-refractivity contribution in [2.45, 2.75) is 46.6 Å². The summed E-state index contributed by atoms with van der Waals surface area (Å²) in [7, 11) is 0. The quantitative estimate of drug-likeness (QED) is 0.179. The predicted octanol–water partition coefficient (Wildman–Crippen LogP) is 7.24. The lowest BCUT2D eigenvalue weighted by atomic mass is 10.1. The van der Waals surface area contributed by atoms with Crippen molar-refractivity contribution >= 4 is 63.1 Å². The molecular weight excluding hydrogens is 704 g/mol. The molecule has 2 aliphatic rings. The van der Waals surface area contributed by atoms with Crippen LogP contribution < -0.4 is 25.2 Å². The highest BCUT2D eigenvalue weighted by Gasteiger charge is 2.29. The van der Waals surface area contributed by atoms with Crippen molar-refractivity contribution in [3.05, 3.63) is 64.3 Å². The molecule has 0 spiro atoms. The lowest BCUT2D eigenvalue weighted by Crippen LogP contribution is -2.50. The second-order valence-electron chi connectivity index (χ2n) is 13.5. The lowest BCUT2D eigenvalue weighted by molar-refractivity contribution is 0.0240. The van der Waals surface area contributed by atoms with Gasteiger partial charge in [0.25, 0.3) is 5.91 Å². The standard InChI is InChI=1S/C37H45ClN8O5S/c1-6-50-29-12-11-27(41-32(29)43-35-40-23-30(52-35)34(47)42-31-24(2)9-7-10-26(31)38)25-21-28(44-13-8-19-49-20-18-44)33(39-22-25)45-14-16-46(17-15-45)36(48)51-37(3,4)5/h7,9-12,21-23H,6,8,13-20H2,1-5H3,(H,42,47)(H,40,41,43). The van der Waals surface area contributed by atoms with Crippen LogP contribution in [0, 0.1) is 6.92 Å².